The molecule has 0 radical (unpaired) electrons. The number of ether oxygens (including phenoxy) is 1. The normalized spacial score (nSPS) is 10.8. The van der Waals surface area contributed by atoms with Crippen molar-refractivity contribution in [3.8, 4) is 22.9 Å². The number of aryl methyl sites for hydroxylation is 1. The fourth-order valence-electron chi connectivity index (χ4n) is 3.56. The molecule has 0 amide bonds. The molecule has 0 unspecified atom stereocenters. The lowest BCUT2D eigenvalue weighted by Crippen LogP contribution is -2.00. The number of nitrogens with two attached hydrogens (primary N) is 1. The van der Waals surface area contributed by atoms with Crippen molar-refractivity contribution in [3.63, 3.8) is 0 Å². The van der Waals surface area contributed by atoms with Crippen molar-refractivity contribution >= 4 is 16.7 Å². The summed E-state index contributed by atoms with van der Waals surface area (Å²) < 4.78 is 7.23. The SMILES string of the molecule is COc1ccc(Cn2cc(C#N)c3c(C)c(-c4ccccc4N)cnc32)cc1. The van der Waals surface area contributed by atoms with E-state index in [9.17, 15) is 5.26 Å². The summed E-state index contributed by atoms with van der Waals surface area (Å²) in [5.74, 6) is 0.817. The third-order valence-corrected chi connectivity index (χ3v) is 5.03. The highest BCUT2D eigenvalue weighted by Crippen LogP contribution is 2.34. The molecule has 2 aromatic heterocycles. The van der Waals surface area contributed by atoms with E-state index in [1.807, 2.05) is 72.4 Å². The highest BCUT2D eigenvalue weighted by molar-refractivity contribution is 5.93. The van der Waals surface area contributed by atoms with Crippen LogP contribution in [0.15, 0.2) is 60.9 Å². The number of anilines is 1. The second-order valence-corrected chi connectivity index (χ2v) is 6.71. The first kappa shape index (κ1) is 17.6. The Labute approximate surface area is 163 Å². The molecule has 5 nitrogen and oxygen atoms in total. The summed E-state index contributed by atoms with van der Waals surface area (Å²) in [5, 5.41) is 10.6. The third-order valence-electron chi connectivity index (χ3n) is 5.03. The van der Waals surface area contributed by atoms with Crippen LogP contribution >= 0.6 is 0 Å². The van der Waals surface area contributed by atoms with E-state index in [1.54, 1.807) is 7.11 Å². The smallest absolute Gasteiger partial charge is 0.141 e. The number of hydrogen-bond acceptors (Lipinski definition) is 4. The highest BCUT2D eigenvalue weighted by Gasteiger charge is 2.16. The molecule has 5 heteroatoms. The molecule has 0 atom stereocenters. The van der Waals surface area contributed by atoms with Gasteiger partial charge in [0.25, 0.3) is 0 Å². The van der Waals surface area contributed by atoms with Crippen LogP contribution in [-0.4, -0.2) is 16.7 Å². The summed E-state index contributed by atoms with van der Waals surface area (Å²) in [5.41, 5.74) is 12.3. The Morgan fingerprint density at radius 2 is 1.86 bits per heavy atom. The molecule has 2 N–H and O–H groups in total. The Kier molecular flexibility index (Phi) is 4.46. The lowest BCUT2D eigenvalue weighted by atomic mass is 9.98. The molecular weight excluding hydrogens is 348 g/mol. The predicted octanol–water partition coefficient (Wildman–Crippen LogP) is 4.52. The molecule has 0 fully saturated rings. The summed E-state index contributed by atoms with van der Waals surface area (Å²) in [6, 6.07) is 17.9. The molecule has 4 aromatic rings. The first-order valence-electron chi connectivity index (χ1n) is 8.98. The number of hydrogen-bond donors (Lipinski definition) is 1. The summed E-state index contributed by atoms with van der Waals surface area (Å²) in [6.07, 6.45) is 3.71. The van der Waals surface area contributed by atoms with Gasteiger partial charge in [0.05, 0.1) is 12.7 Å². The van der Waals surface area contributed by atoms with Crippen LogP contribution in [0.3, 0.4) is 0 Å². The van der Waals surface area contributed by atoms with E-state index in [-0.39, 0.29) is 0 Å². The number of benzene rings is 2. The molecule has 2 aromatic carbocycles. The molecule has 0 spiro atoms. The Bertz CT molecular complexity index is 1200. The average molecular weight is 368 g/mol. The van der Waals surface area contributed by atoms with Gasteiger partial charge in [-0.3, -0.25) is 0 Å². The van der Waals surface area contributed by atoms with Gasteiger partial charge < -0.3 is 15.0 Å². The number of para-hydroxylation sites is 1. The number of nitrogen functional groups attached to an aromatic ring is 1. The van der Waals surface area contributed by atoms with Crippen molar-refractivity contribution in [2.75, 3.05) is 12.8 Å². The molecular formula is C23H20N4O. The van der Waals surface area contributed by atoms with Gasteiger partial charge in [0, 0.05) is 41.1 Å². The molecule has 0 aliphatic carbocycles. The van der Waals surface area contributed by atoms with Gasteiger partial charge in [-0.05, 0) is 36.2 Å². The summed E-state index contributed by atoms with van der Waals surface area (Å²) >= 11 is 0. The van der Waals surface area contributed by atoms with E-state index in [4.69, 9.17) is 10.5 Å². The first-order chi connectivity index (χ1) is 13.6. The van der Waals surface area contributed by atoms with Crippen LogP contribution < -0.4 is 10.5 Å². The lowest BCUT2D eigenvalue weighted by molar-refractivity contribution is 0.414. The number of aromatic nitrogens is 2. The minimum Gasteiger partial charge on any atom is -0.497 e. The van der Waals surface area contributed by atoms with E-state index in [0.29, 0.717) is 17.8 Å². The van der Waals surface area contributed by atoms with Crippen LogP contribution in [0.4, 0.5) is 5.69 Å². The minimum absolute atomic E-state index is 0.616. The van der Waals surface area contributed by atoms with Gasteiger partial charge >= 0.3 is 0 Å². The van der Waals surface area contributed by atoms with Gasteiger partial charge in [-0.1, -0.05) is 30.3 Å². The zero-order valence-electron chi connectivity index (χ0n) is 15.8. The van der Waals surface area contributed by atoms with Crippen LogP contribution in [0.1, 0.15) is 16.7 Å². The number of pyridine rings is 1. The van der Waals surface area contributed by atoms with Crippen molar-refractivity contribution < 1.29 is 4.74 Å². The second-order valence-electron chi connectivity index (χ2n) is 6.71. The largest absolute Gasteiger partial charge is 0.497 e. The number of rotatable bonds is 4. The molecule has 2 heterocycles. The molecule has 0 saturated heterocycles. The first-order valence-corrected chi connectivity index (χ1v) is 8.98. The fraction of sp³-hybridized carbons (Fsp3) is 0.130. The van der Waals surface area contributed by atoms with E-state index in [2.05, 4.69) is 11.1 Å². The van der Waals surface area contributed by atoms with Crippen LogP contribution in [0, 0.1) is 18.3 Å². The van der Waals surface area contributed by atoms with Crippen LogP contribution in [-0.2, 0) is 6.54 Å². The quantitative estimate of drug-likeness (QED) is 0.537. The molecule has 0 bridgehead atoms. The van der Waals surface area contributed by atoms with Crippen LogP contribution in [0.5, 0.6) is 5.75 Å². The zero-order valence-corrected chi connectivity index (χ0v) is 15.8. The summed E-state index contributed by atoms with van der Waals surface area (Å²) in [6.45, 7) is 2.64. The molecule has 138 valence electrons. The maximum atomic E-state index is 9.69. The van der Waals surface area contributed by atoms with Crippen molar-refractivity contribution in [3.05, 3.63) is 77.6 Å². The molecule has 0 aliphatic rings. The lowest BCUT2D eigenvalue weighted by Gasteiger charge is -2.11. The van der Waals surface area contributed by atoms with Crippen molar-refractivity contribution in [2.45, 2.75) is 13.5 Å². The van der Waals surface area contributed by atoms with Gasteiger partial charge in [0.2, 0.25) is 0 Å². The molecule has 0 saturated carbocycles. The van der Waals surface area contributed by atoms with Crippen LogP contribution in [0.25, 0.3) is 22.2 Å². The maximum absolute atomic E-state index is 9.69. The Morgan fingerprint density at radius 1 is 1.11 bits per heavy atom. The molecule has 4 rings (SSSR count). The predicted molar refractivity (Wildman–Crippen MR) is 111 cm³/mol. The maximum Gasteiger partial charge on any atom is 0.141 e. The summed E-state index contributed by atoms with van der Waals surface area (Å²) in [7, 11) is 1.65. The number of methoxy groups -OCH3 is 1. The minimum atomic E-state index is 0.616. The summed E-state index contributed by atoms with van der Waals surface area (Å²) in [4.78, 5) is 4.69. The number of fused-ring (bicyclic) bond motifs is 1. The topological polar surface area (TPSA) is 76.9 Å². The standard InChI is InChI=1S/C23H20N4O/c1-15-20(19-5-3-4-6-21(19)25)12-26-23-22(15)17(11-24)14-27(23)13-16-7-9-18(28-2)10-8-16/h3-10,12,14H,13,25H2,1-2H3. The molecule has 28 heavy (non-hydrogen) atoms. The second kappa shape index (κ2) is 7.09. The Morgan fingerprint density at radius 3 is 2.54 bits per heavy atom. The highest BCUT2D eigenvalue weighted by atomic mass is 16.5. The third kappa shape index (κ3) is 2.95. The monoisotopic (exact) mass is 368 g/mol. The van der Waals surface area contributed by atoms with Crippen molar-refractivity contribution in [1.82, 2.24) is 9.55 Å². The van der Waals surface area contributed by atoms with Crippen molar-refractivity contribution in [2.24, 2.45) is 0 Å². The molecule has 0 aliphatic heterocycles. The van der Waals surface area contributed by atoms with E-state index < -0.39 is 0 Å². The van der Waals surface area contributed by atoms with Gasteiger partial charge in [-0.2, -0.15) is 5.26 Å². The Balaban J connectivity index is 1.83. The van der Waals surface area contributed by atoms with E-state index in [1.165, 1.54) is 0 Å². The fourth-order valence-corrected chi connectivity index (χ4v) is 3.56. The van der Waals surface area contributed by atoms with E-state index in [0.717, 1.165) is 39.0 Å². The zero-order chi connectivity index (χ0) is 19.7. The Hall–Kier alpha value is -3.78. The van der Waals surface area contributed by atoms with Crippen molar-refractivity contribution in [1.29, 1.82) is 5.26 Å². The van der Waals surface area contributed by atoms with Gasteiger partial charge in [-0.25, -0.2) is 4.98 Å². The average Bonchev–Trinajstić information content (AvgIpc) is 3.08. The van der Waals surface area contributed by atoms with Gasteiger partial charge in [-0.15, -0.1) is 0 Å². The van der Waals surface area contributed by atoms with Gasteiger partial charge in [0.15, 0.2) is 0 Å². The van der Waals surface area contributed by atoms with E-state index >= 15 is 0 Å². The number of nitrogens with zero attached hydrogens (tertiary/aromatic N) is 3. The van der Waals surface area contributed by atoms with Gasteiger partial charge in [0.1, 0.15) is 17.5 Å². The van der Waals surface area contributed by atoms with Crippen LogP contribution in [0.2, 0.25) is 0 Å². The number of nitriles is 1.